The molecule has 2 rings (SSSR count). The lowest BCUT2D eigenvalue weighted by Crippen LogP contribution is -2.26. The van der Waals surface area contributed by atoms with Crippen LogP contribution in [-0.4, -0.2) is 13.1 Å². The number of anilines is 1. The topological polar surface area (TPSA) is 29.3 Å². The molecule has 0 radical (unpaired) electrons. The van der Waals surface area contributed by atoms with Gasteiger partial charge < -0.3 is 10.6 Å². The van der Waals surface area contributed by atoms with Gasteiger partial charge >= 0.3 is 0 Å². The number of rotatable bonds is 4. The van der Waals surface area contributed by atoms with Crippen LogP contribution >= 0.6 is 0 Å². The van der Waals surface area contributed by atoms with Crippen molar-refractivity contribution in [2.24, 2.45) is 11.7 Å². The molecule has 19 heavy (non-hydrogen) atoms. The first-order valence-electron chi connectivity index (χ1n) is 7.81. The molecular formula is C17H28N2. The number of hydrogen-bond acceptors (Lipinski definition) is 2. The van der Waals surface area contributed by atoms with E-state index in [-0.39, 0.29) is 6.04 Å². The Morgan fingerprint density at radius 1 is 1.26 bits per heavy atom. The van der Waals surface area contributed by atoms with Gasteiger partial charge in [0.1, 0.15) is 0 Å². The molecule has 1 fully saturated rings. The van der Waals surface area contributed by atoms with Gasteiger partial charge in [-0.15, -0.1) is 0 Å². The first kappa shape index (κ1) is 14.4. The molecule has 2 heteroatoms. The Morgan fingerprint density at radius 2 is 2.05 bits per heavy atom. The van der Waals surface area contributed by atoms with E-state index in [0.29, 0.717) is 0 Å². The van der Waals surface area contributed by atoms with E-state index < -0.39 is 0 Å². The van der Waals surface area contributed by atoms with Crippen LogP contribution < -0.4 is 10.6 Å². The lowest BCUT2D eigenvalue weighted by Gasteiger charge is -2.27. The average Bonchev–Trinajstić information content (AvgIpc) is 2.65. The summed E-state index contributed by atoms with van der Waals surface area (Å²) in [6, 6.07) is 8.76. The van der Waals surface area contributed by atoms with Gasteiger partial charge in [-0.05, 0) is 43.7 Å². The third-order valence-corrected chi connectivity index (χ3v) is 4.31. The molecule has 0 aromatic heterocycles. The van der Waals surface area contributed by atoms with Gasteiger partial charge in [0.15, 0.2) is 0 Å². The Morgan fingerprint density at radius 3 is 2.79 bits per heavy atom. The van der Waals surface area contributed by atoms with Crippen LogP contribution in [0.4, 0.5) is 5.69 Å². The first-order valence-corrected chi connectivity index (χ1v) is 7.81. The van der Waals surface area contributed by atoms with Gasteiger partial charge in [-0.25, -0.2) is 0 Å². The van der Waals surface area contributed by atoms with Crippen molar-refractivity contribution in [3.63, 3.8) is 0 Å². The van der Waals surface area contributed by atoms with Crippen molar-refractivity contribution in [2.45, 2.75) is 52.0 Å². The van der Waals surface area contributed by atoms with Crippen LogP contribution in [0, 0.1) is 5.92 Å². The SMILES string of the molecule is CCCC1CCCN(c2ccccc2C(C)N)CC1. The lowest BCUT2D eigenvalue weighted by atomic mass is 9.96. The van der Waals surface area contributed by atoms with E-state index in [0.717, 1.165) is 5.92 Å². The molecule has 2 atom stereocenters. The van der Waals surface area contributed by atoms with Crippen molar-refractivity contribution < 1.29 is 0 Å². The maximum absolute atomic E-state index is 6.11. The van der Waals surface area contributed by atoms with Gasteiger partial charge in [-0.1, -0.05) is 38.0 Å². The van der Waals surface area contributed by atoms with Crippen LogP contribution in [0.3, 0.4) is 0 Å². The number of hydrogen-bond donors (Lipinski definition) is 1. The molecule has 106 valence electrons. The molecule has 2 nitrogen and oxygen atoms in total. The molecule has 0 aliphatic carbocycles. The van der Waals surface area contributed by atoms with E-state index in [9.17, 15) is 0 Å². The fourth-order valence-electron chi connectivity index (χ4n) is 3.26. The highest BCUT2D eigenvalue weighted by molar-refractivity contribution is 5.55. The molecule has 2 unspecified atom stereocenters. The van der Waals surface area contributed by atoms with Crippen molar-refractivity contribution in [1.82, 2.24) is 0 Å². The zero-order chi connectivity index (χ0) is 13.7. The predicted octanol–water partition coefficient (Wildman–Crippen LogP) is 4.11. The molecule has 0 amide bonds. The Hall–Kier alpha value is -1.02. The zero-order valence-corrected chi connectivity index (χ0v) is 12.4. The molecule has 1 aliphatic rings. The van der Waals surface area contributed by atoms with Crippen LogP contribution in [0.1, 0.15) is 57.6 Å². The maximum atomic E-state index is 6.11. The van der Waals surface area contributed by atoms with Crippen molar-refractivity contribution in [1.29, 1.82) is 0 Å². The number of para-hydroxylation sites is 1. The standard InChI is InChI=1S/C17H28N2/c1-3-7-15-8-6-12-19(13-11-15)17-10-5-4-9-16(17)14(2)18/h4-5,9-10,14-15H,3,6-8,11-13,18H2,1-2H3. The monoisotopic (exact) mass is 260 g/mol. The molecular weight excluding hydrogens is 232 g/mol. The third kappa shape index (κ3) is 3.73. The van der Waals surface area contributed by atoms with E-state index in [1.54, 1.807) is 0 Å². The minimum absolute atomic E-state index is 0.117. The summed E-state index contributed by atoms with van der Waals surface area (Å²) in [6.07, 6.45) is 6.76. The Kier molecular flexibility index (Phi) is 5.26. The Labute approximate surface area is 118 Å². The van der Waals surface area contributed by atoms with E-state index in [1.807, 2.05) is 0 Å². The van der Waals surface area contributed by atoms with Gasteiger partial charge in [0, 0.05) is 24.8 Å². The zero-order valence-electron chi connectivity index (χ0n) is 12.4. The van der Waals surface area contributed by atoms with Gasteiger partial charge in [0.25, 0.3) is 0 Å². The van der Waals surface area contributed by atoms with Gasteiger partial charge in [0.2, 0.25) is 0 Å². The molecule has 0 saturated carbocycles. The summed E-state index contributed by atoms with van der Waals surface area (Å²) in [6.45, 7) is 6.75. The van der Waals surface area contributed by atoms with E-state index in [2.05, 4.69) is 43.0 Å². The molecule has 0 spiro atoms. The predicted molar refractivity (Wildman–Crippen MR) is 83.5 cm³/mol. The van der Waals surface area contributed by atoms with Crippen LogP contribution in [0.2, 0.25) is 0 Å². The first-order chi connectivity index (χ1) is 9.22. The maximum Gasteiger partial charge on any atom is 0.0414 e. The van der Waals surface area contributed by atoms with Crippen LogP contribution in [-0.2, 0) is 0 Å². The largest absolute Gasteiger partial charge is 0.371 e. The number of benzene rings is 1. The van der Waals surface area contributed by atoms with Crippen molar-refractivity contribution in [2.75, 3.05) is 18.0 Å². The minimum atomic E-state index is 0.117. The van der Waals surface area contributed by atoms with Crippen molar-refractivity contribution in [3.05, 3.63) is 29.8 Å². The Balaban J connectivity index is 2.10. The smallest absolute Gasteiger partial charge is 0.0414 e. The van der Waals surface area contributed by atoms with E-state index in [1.165, 1.54) is 56.4 Å². The highest BCUT2D eigenvalue weighted by atomic mass is 15.1. The molecule has 1 aromatic carbocycles. The van der Waals surface area contributed by atoms with Gasteiger partial charge in [-0.3, -0.25) is 0 Å². The van der Waals surface area contributed by atoms with Gasteiger partial charge in [0.05, 0.1) is 0 Å². The quantitative estimate of drug-likeness (QED) is 0.882. The normalized spacial score (nSPS) is 22.1. The third-order valence-electron chi connectivity index (χ3n) is 4.31. The van der Waals surface area contributed by atoms with Crippen LogP contribution in [0.15, 0.2) is 24.3 Å². The highest BCUT2D eigenvalue weighted by Crippen LogP contribution is 2.29. The molecule has 1 heterocycles. The second-order valence-electron chi connectivity index (χ2n) is 5.92. The van der Waals surface area contributed by atoms with E-state index in [4.69, 9.17) is 5.73 Å². The molecule has 1 aromatic rings. The highest BCUT2D eigenvalue weighted by Gasteiger charge is 2.19. The number of nitrogens with zero attached hydrogens (tertiary/aromatic N) is 1. The fourth-order valence-corrected chi connectivity index (χ4v) is 3.26. The number of nitrogens with two attached hydrogens (primary N) is 1. The van der Waals surface area contributed by atoms with Gasteiger partial charge in [-0.2, -0.15) is 0 Å². The molecule has 0 bridgehead atoms. The van der Waals surface area contributed by atoms with Crippen LogP contribution in [0.5, 0.6) is 0 Å². The summed E-state index contributed by atoms with van der Waals surface area (Å²) in [7, 11) is 0. The Bertz CT molecular complexity index is 387. The van der Waals surface area contributed by atoms with Crippen molar-refractivity contribution >= 4 is 5.69 Å². The lowest BCUT2D eigenvalue weighted by molar-refractivity contribution is 0.435. The summed E-state index contributed by atoms with van der Waals surface area (Å²) in [4.78, 5) is 2.55. The summed E-state index contributed by atoms with van der Waals surface area (Å²) in [5, 5.41) is 0. The minimum Gasteiger partial charge on any atom is -0.371 e. The summed E-state index contributed by atoms with van der Waals surface area (Å²) in [5.74, 6) is 0.928. The van der Waals surface area contributed by atoms with Crippen LogP contribution in [0.25, 0.3) is 0 Å². The second kappa shape index (κ2) is 6.95. The summed E-state index contributed by atoms with van der Waals surface area (Å²) >= 11 is 0. The molecule has 2 N–H and O–H groups in total. The van der Waals surface area contributed by atoms with Crippen molar-refractivity contribution in [3.8, 4) is 0 Å². The summed E-state index contributed by atoms with van der Waals surface area (Å²) < 4.78 is 0. The summed E-state index contributed by atoms with van der Waals surface area (Å²) in [5.41, 5.74) is 8.75. The average molecular weight is 260 g/mol. The molecule has 1 aliphatic heterocycles. The fraction of sp³-hybridized carbons (Fsp3) is 0.647. The van der Waals surface area contributed by atoms with E-state index >= 15 is 0 Å². The second-order valence-corrected chi connectivity index (χ2v) is 5.92. The molecule has 1 saturated heterocycles.